The summed E-state index contributed by atoms with van der Waals surface area (Å²) in [6.45, 7) is 2.17. The van der Waals surface area contributed by atoms with Crippen LogP contribution >= 0.6 is 12.4 Å². The number of nitrogens with two attached hydrogens (primary N) is 1. The van der Waals surface area contributed by atoms with Crippen LogP contribution in [0.3, 0.4) is 0 Å². The van der Waals surface area contributed by atoms with Crippen molar-refractivity contribution in [1.29, 1.82) is 0 Å². The van der Waals surface area contributed by atoms with E-state index < -0.39 is 0 Å². The highest BCUT2D eigenvalue weighted by atomic mass is 35.5. The van der Waals surface area contributed by atoms with Gasteiger partial charge in [-0.25, -0.2) is 0 Å². The van der Waals surface area contributed by atoms with Gasteiger partial charge >= 0.3 is 0 Å². The fourth-order valence-electron chi connectivity index (χ4n) is 1.50. The molecule has 0 bridgehead atoms. The molecule has 3 N–H and O–H groups in total. The molecule has 0 aliphatic carbocycles. The van der Waals surface area contributed by atoms with Crippen LogP contribution in [0.4, 0.5) is 0 Å². The number of rotatable bonds is 5. The molecule has 0 saturated heterocycles. The molecule has 15 heavy (non-hydrogen) atoms. The highest BCUT2D eigenvalue weighted by Crippen LogP contribution is 2.12. The van der Waals surface area contributed by atoms with E-state index in [1.807, 2.05) is 12.1 Å². The molecule has 3 heteroatoms. The normalized spacial score (nSPS) is 11.9. The van der Waals surface area contributed by atoms with Crippen molar-refractivity contribution in [2.75, 3.05) is 0 Å². The number of phenols is 1. The van der Waals surface area contributed by atoms with Gasteiger partial charge in [0.05, 0.1) is 0 Å². The molecule has 0 radical (unpaired) electrons. The summed E-state index contributed by atoms with van der Waals surface area (Å²) in [5.74, 6) is 0.316. The first kappa shape index (κ1) is 14.3. The fourth-order valence-corrected chi connectivity index (χ4v) is 1.50. The predicted octanol–water partition coefficient (Wildman–Crippen LogP) is 2.87. The van der Waals surface area contributed by atoms with Crippen molar-refractivity contribution >= 4 is 12.4 Å². The third-order valence-corrected chi connectivity index (χ3v) is 2.36. The Labute approximate surface area is 97.9 Å². The van der Waals surface area contributed by atoms with Crippen LogP contribution in [0.25, 0.3) is 0 Å². The van der Waals surface area contributed by atoms with Crippen LogP contribution in [-0.2, 0) is 6.42 Å². The molecule has 1 rings (SSSR count). The third-order valence-electron chi connectivity index (χ3n) is 2.36. The SMILES string of the molecule is CCCC[C@@H](N)Cc1ccc(O)cc1.Cl. The van der Waals surface area contributed by atoms with E-state index in [2.05, 4.69) is 6.92 Å². The van der Waals surface area contributed by atoms with Crippen molar-refractivity contribution < 1.29 is 5.11 Å². The Morgan fingerprint density at radius 1 is 1.27 bits per heavy atom. The van der Waals surface area contributed by atoms with Gasteiger partial charge < -0.3 is 10.8 Å². The van der Waals surface area contributed by atoms with Gasteiger partial charge in [0.1, 0.15) is 5.75 Å². The summed E-state index contributed by atoms with van der Waals surface area (Å²) >= 11 is 0. The Morgan fingerprint density at radius 3 is 2.40 bits per heavy atom. The second-order valence-corrected chi connectivity index (χ2v) is 3.77. The summed E-state index contributed by atoms with van der Waals surface area (Å²) in [6.07, 6.45) is 4.38. The number of aromatic hydroxyl groups is 1. The highest BCUT2D eigenvalue weighted by Gasteiger charge is 2.03. The second kappa shape index (κ2) is 7.55. The molecule has 0 spiro atoms. The van der Waals surface area contributed by atoms with Gasteiger partial charge in [0.25, 0.3) is 0 Å². The van der Waals surface area contributed by atoms with Gasteiger partial charge in [-0.15, -0.1) is 12.4 Å². The summed E-state index contributed by atoms with van der Waals surface area (Å²) < 4.78 is 0. The molecule has 0 fully saturated rings. The molecular weight excluding hydrogens is 210 g/mol. The summed E-state index contributed by atoms with van der Waals surface area (Å²) in [5.41, 5.74) is 7.17. The van der Waals surface area contributed by atoms with E-state index in [0.29, 0.717) is 5.75 Å². The quantitative estimate of drug-likeness (QED) is 0.816. The first-order chi connectivity index (χ1) is 6.72. The molecular formula is C12H20ClNO. The zero-order valence-electron chi connectivity index (χ0n) is 9.15. The summed E-state index contributed by atoms with van der Waals surface area (Å²) in [4.78, 5) is 0. The van der Waals surface area contributed by atoms with E-state index >= 15 is 0 Å². The van der Waals surface area contributed by atoms with Gasteiger partial charge in [-0.1, -0.05) is 31.9 Å². The minimum atomic E-state index is 0. The zero-order valence-corrected chi connectivity index (χ0v) is 9.96. The monoisotopic (exact) mass is 229 g/mol. The van der Waals surface area contributed by atoms with Crippen molar-refractivity contribution in [3.8, 4) is 5.75 Å². The lowest BCUT2D eigenvalue weighted by Gasteiger charge is -2.10. The lowest BCUT2D eigenvalue weighted by molar-refractivity contribution is 0.475. The molecule has 0 aromatic heterocycles. The standard InChI is InChI=1S/C12H19NO.ClH/c1-2-3-4-11(13)9-10-5-7-12(14)8-6-10;/h5-8,11,14H,2-4,9,13H2,1H3;1H/t11-;/m1./s1. The van der Waals surface area contributed by atoms with Crippen LogP contribution in [0.2, 0.25) is 0 Å². The smallest absolute Gasteiger partial charge is 0.115 e. The molecule has 86 valence electrons. The van der Waals surface area contributed by atoms with Crippen LogP contribution in [0.1, 0.15) is 31.7 Å². The molecule has 0 heterocycles. The number of halogens is 1. The largest absolute Gasteiger partial charge is 0.508 e. The Kier molecular flexibility index (Phi) is 7.18. The van der Waals surface area contributed by atoms with Crippen LogP contribution < -0.4 is 5.73 Å². The second-order valence-electron chi connectivity index (χ2n) is 3.77. The first-order valence-electron chi connectivity index (χ1n) is 5.26. The van der Waals surface area contributed by atoms with Gasteiger partial charge in [-0.05, 0) is 30.5 Å². The Balaban J connectivity index is 0.00000196. The Morgan fingerprint density at radius 2 is 1.87 bits per heavy atom. The zero-order chi connectivity index (χ0) is 10.4. The van der Waals surface area contributed by atoms with Gasteiger partial charge in [0.15, 0.2) is 0 Å². The lowest BCUT2D eigenvalue weighted by atomic mass is 10.0. The van der Waals surface area contributed by atoms with Gasteiger partial charge in [0, 0.05) is 6.04 Å². The predicted molar refractivity (Wildman–Crippen MR) is 66.6 cm³/mol. The van der Waals surface area contributed by atoms with E-state index in [1.165, 1.54) is 18.4 Å². The highest BCUT2D eigenvalue weighted by molar-refractivity contribution is 5.85. The summed E-state index contributed by atoms with van der Waals surface area (Å²) in [5, 5.41) is 9.10. The number of benzene rings is 1. The molecule has 1 aromatic rings. The van der Waals surface area contributed by atoms with Crippen LogP contribution in [0.5, 0.6) is 5.75 Å². The first-order valence-corrected chi connectivity index (χ1v) is 5.26. The Hall–Kier alpha value is -0.730. The maximum absolute atomic E-state index is 9.10. The van der Waals surface area contributed by atoms with E-state index in [-0.39, 0.29) is 18.4 Å². The molecule has 0 saturated carbocycles. The maximum atomic E-state index is 9.10. The average molecular weight is 230 g/mol. The summed E-state index contributed by atoms with van der Waals surface area (Å²) in [7, 11) is 0. The number of unbranched alkanes of at least 4 members (excludes halogenated alkanes) is 1. The minimum Gasteiger partial charge on any atom is -0.508 e. The molecule has 1 atom stereocenters. The van der Waals surface area contributed by atoms with Crippen LogP contribution in [0.15, 0.2) is 24.3 Å². The molecule has 0 aliphatic heterocycles. The van der Waals surface area contributed by atoms with Crippen molar-refractivity contribution in [3.63, 3.8) is 0 Å². The maximum Gasteiger partial charge on any atom is 0.115 e. The number of hydrogen-bond donors (Lipinski definition) is 2. The van der Waals surface area contributed by atoms with E-state index in [4.69, 9.17) is 10.8 Å². The average Bonchev–Trinajstić information content (AvgIpc) is 2.18. The van der Waals surface area contributed by atoms with Crippen LogP contribution in [-0.4, -0.2) is 11.1 Å². The third kappa shape index (κ3) is 5.65. The van der Waals surface area contributed by atoms with Crippen molar-refractivity contribution in [2.45, 2.75) is 38.6 Å². The number of hydrogen-bond acceptors (Lipinski definition) is 2. The van der Waals surface area contributed by atoms with E-state index in [9.17, 15) is 0 Å². The van der Waals surface area contributed by atoms with Gasteiger partial charge in [0.2, 0.25) is 0 Å². The summed E-state index contributed by atoms with van der Waals surface area (Å²) in [6, 6.07) is 7.53. The van der Waals surface area contributed by atoms with E-state index in [1.54, 1.807) is 12.1 Å². The molecule has 2 nitrogen and oxygen atoms in total. The molecule has 1 aromatic carbocycles. The minimum absolute atomic E-state index is 0. The Bertz CT molecular complexity index is 261. The van der Waals surface area contributed by atoms with Crippen LogP contribution in [0, 0.1) is 0 Å². The molecule has 0 amide bonds. The van der Waals surface area contributed by atoms with Crippen molar-refractivity contribution in [2.24, 2.45) is 5.73 Å². The number of phenolic OH excluding ortho intramolecular Hbond substituents is 1. The van der Waals surface area contributed by atoms with Crippen molar-refractivity contribution in [3.05, 3.63) is 29.8 Å². The lowest BCUT2D eigenvalue weighted by Crippen LogP contribution is -2.22. The van der Waals surface area contributed by atoms with E-state index in [0.717, 1.165) is 12.8 Å². The molecule has 0 unspecified atom stereocenters. The fraction of sp³-hybridized carbons (Fsp3) is 0.500. The van der Waals surface area contributed by atoms with Gasteiger partial charge in [-0.2, -0.15) is 0 Å². The van der Waals surface area contributed by atoms with Crippen molar-refractivity contribution in [1.82, 2.24) is 0 Å². The molecule has 0 aliphatic rings. The van der Waals surface area contributed by atoms with Gasteiger partial charge in [-0.3, -0.25) is 0 Å². The topological polar surface area (TPSA) is 46.2 Å².